The van der Waals surface area contributed by atoms with Crippen LogP contribution in [-0.4, -0.2) is 4.98 Å². The van der Waals surface area contributed by atoms with Crippen molar-refractivity contribution in [1.29, 1.82) is 0 Å². The zero-order valence-electron chi connectivity index (χ0n) is 14.6. The Morgan fingerprint density at radius 3 is 1.46 bits per heavy atom. The van der Waals surface area contributed by atoms with Crippen molar-refractivity contribution in [3.05, 3.63) is 76.9 Å². The summed E-state index contributed by atoms with van der Waals surface area (Å²) in [7, 11) is 0. The van der Waals surface area contributed by atoms with E-state index in [0.717, 1.165) is 0 Å². The van der Waals surface area contributed by atoms with E-state index >= 15 is 0 Å². The van der Waals surface area contributed by atoms with Gasteiger partial charge in [0.05, 0.1) is 11.4 Å². The lowest BCUT2D eigenvalue weighted by Gasteiger charge is -2.25. The van der Waals surface area contributed by atoms with E-state index in [0.29, 0.717) is 0 Å². The van der Waals surface area contributed by atoms with Crippen molar-refractivity contribution in [2.75, 3.05) is 0 Å². The maximum absolute atomic E-state index is 5.21. The lowest BCUT2D eigenvalue weighted by atomic mass is 9.78. The Morgan fingerprint density at radius 2 is 1.00 bits per heavy atom. The summed E-state index contributed by atoms with van der Waals surface area (Å²) in [5.74, 6) is 0. The molecule has 2 aromatic carbocycles. The first-order valence-electron chi connectivity index (χ1n) is 8.68. The molecular formula is C23H21N. The van der Waals surface area contributed by atoms with Gasteiger partial charge in [-0.3, -0.25) is 0 Å². The fourth-order valence-electron chi connectivity index (χ4n) is 4.64. The Bertz CT molecular complexity index is 930. The van der Waals surface area contributed by atoms with Crippen molar-refractivity contribution in [3.8, 4) is 22.5 Å². The molecule has 2 aliphatic rings. The minimum atomic E-state index is 0.0127. The Hall–Kier alpha value is -2.41. The van der Waals surface area contributed by atoms with E-state index in [1.54, 1.807) is 0 Å². The molecule has 24 heavy (non-hydrogen) atoms. The SMILES string of the molecule is CC1(C)c2ccccc2-c2nc3c(cc21)C(C)(C)c1ccccc1-3. The summed E-state index contributed by atoms with van der Waals surface area (Å²) in [5, 5.41) is 0. The van der Waals surface area contributed by atoms with Crippen LogP contribution in [0.1, 0.15) is 49.9 Å². The van der Waals surface area contributed by atoms with Crippen molar-refractivity contribution < 1.29 is 0 Å². The number of rotatable bonds is 0. The van der Waals surface area contributed by atoms with Crippen LogP contribution < -0.4 is 0 Å². The number of fused-ring (bicyclic) bond motifs is 6. The Labute approximate surface area is 143 Å². The Balaban J connectivity index is 1.88. The molecule has 0 radical (unpaired) electrons. The number of hydrogen-bond acceptors (Lipinski definition) is 1. The topological polar surface area (TPSA) is 12.9 Å². The second-order valence-corrected chi connectivity index (χ2v) is 8.12. The van der Waals surface area contributed by atoms with Gasteiger partial charge in [-0.05, 0) is 28.3 Å². The normalized spacial score (nSPS) is 17.8. The van der Waals surface area contributed by atoms with Gasteiger partial charge >= 0.3 is 0 Å². The van der Waals surface area contributed by atoms with Gasteiger partial charge in [-0.2, -0.15) is 0 Å². The average Bonchev–Trinajstić information content (AvgIpc) is 2.95. The Kier molecular flexibility index (Phi) is 2.42. The van der Waals surface area contributed by atoms with E-state index in [1.165, 1.54) is 44.8 Å². The fraction of sp³-hybridized carbons (Fsp3) is 0.261. The highest BCUT2D eigenvalue weighted by atomic mass is 14.8. The third-order valence-corrected chi connectivity index (χ3v) is 6.08. The van der Waals surface area contributed by atoms with Gasteiger partial charge in [0, 0.05) is 22.0 Å². The summed E-state index contributed by atoms with van der Waals surface area (Å²) < 4.78 is 0. The van der Waals surface area contributed by atoms with E-state index in [1.807, 2.05) is 0 Å². The predicted molar refractivity (Wildman–Crippen MR) is 99.4 cm³/mol. The van der Waals surface area contributed by atoms with Gasteiger partial charge < -0.3 is 0 Å². The molecule has 0 unspecified atom stereocenters. The summed E-state index contributed by atoms with van der Waals surface area (Å²) in [4.78, 5) is 5.21. The second-order valence-electron chi connectivity index (χ2n) is 8.12. The maximum atomic E-state index is 5.21. The molecule has 0 bridgehead atoms. The average molecular weight is 311 g/mol. The van der Waals surface area contributed by atoms with E-state index in [2.05, 4.69) is 82.3 Å². The lowest BCUT2D eigenvalue weighted by molar-refractivity contribution is 0.637. The number of nitrogens with zero attached hydrogens (tertiary/aromatic N) is 1. The molecule has 0 aliphatic heterocycles. The molecule has 1 heterocycles. The zero-order chi connectivity index (χ0) is 16.7. The van der Waals surface area contributed by atoms with Gasteiger partial charge in [0.25, 0.3) is 0 Å². The van der Waals surface area contributed by atoms with Crippen molar-refractivity contribution in [3.63, 3.8) is 0 Å². The summed E-state index contributed by atoms with van der Waals surface area (Å²) in [6.07, 6.45) is 0. The second kappa shape index (κ2) is 4.16. The number of aromatic nitrogens is 1. The van der Waals surface area contributed by atoms with Crippen LogP contribution in [0.3, 0.4) is 0 Å². The highest BCUT2D eigenvalue weighted by Crippen LogP contribution is 2.54. The predicted octanol–water partition coefficient (Wildman–Crippen LogP) is 5.69. The third-order valence-electron chi connectivity index (χ3n) is 6.08. The molecule has 1 nitrogen and oxygen atoms in total. The first-order valence-corrected chi connectivity index (χ1v) is 8.68. The molecule has 0 amide bonds. The molecule has 0 N–H and O–H groups in total. The molecule has 0 atom stereocenters. The van der Waals surface area contributed by atoms with Crippen LogP contribution in [0.25, 0.3) is 22.5 Å². The minimum absolute atomic E-state index is 0.0127. The van der Waals surface area contributed by atoms with E-state index in [9.17, 15) is 0 Å². The molecule has 0 spiro atoms. The number of hydrogen-bond donors (Lipinski definition) is 0. The van der Waals surface area contributed by atoms with Crippen molar-refractivity contribution in [2.45, 2.75) is 38.5 Å². The van der Waals surface area contributed by atoms with Crippen LogP contribution in [0.2, 0.25) is 0 Å². The molecule has 2 aliphatic carbocycles. The van der Waals surface area contributed by atoms with Crippen LogP contribution in [-0.2, 0) is 10.8 Å². The quantitative estimate of drug-likeness (QED) is 0.519. The fourth-order valence-corrected chi connectivity index (χ4v) is 4.64. The molecular weight excluding hydrogens is 290 g/mol. The van der Waals surface area contributed by atoms with Crippen LogP contribution in [0, 0.1) is 0 Å². The van der Waals surface area contributed by atoms with Crippen LogP contribution >= 0.6 is 0 Å². The van der Waals surface area contributed by atoms with Crippen molar-refractivity contribution >= 4 is 0 Å². The Morgan fingerprint density at radius 1 is 0.583 bits per heavy atom. The van der Waals surface area contributed by atoms with Gasteiger partial charge in [0.15, 0.2) is 0 Å². The molecule has 3 aromatic rings. The molecule has 118 valence electrons. The summed E-state index contributed by atoms with van der Waals surface area (Å²) >= 11 is 0. The molecule has 0 saturated heterocycles. The highest BCUT2D eigenvalue weighted by molar-refractivity contribution is 5.85. The van der Waals surface area contributed by atoms with Gasteiger partial charge in [-0.25, -0.2) is 4.98 Å². The van der Waals surface area contributed by atoms with E-state index in [-0.39, 0.29) is 10.8 Å². The molecule has 1 heteroatoms. The van der Waals surface area contributed by atoms with Crippen LogP contribution in [0.4, 0.5) is 0 Å². The van der Waals surface area contributed by atoms with Crippen LogP contribution in [0.5, 0.6) is 0 Å². The molecule has 5 rings (SSSR count). The van der Waals surface area contributed by atoms with Gasteiger partial charge in [0.1, 0.15) is 0 Å². The monoisotopic (exact) mass is 311 g/mol. The first kappa shape index (κ1) is 14.0. The first-order chi connectivity index (χ1) is 11.4. The summed E-state index contributed by atoms with van der Waals surface area (Å²) in [6, 6.07) is 19.9. The zero-order valence-corrected chi connectivity index (χ0v) is 14.6. The number of benzene rings is 2. The highest BCUT2D eigenvalue weighted by Gasteiger charge is 2.42. The van der Waals surface area contributed by atoms with Gasteiger partial charge in [-0.1, -0.05) is 76.2 Å². The maximum Gasteiger partial charge on any atom is 0.0753 e. The van der Waals surface area contributed by atoms with Gasteiger partial charge in [0.2, 0.25) is 0 Å². The standard InChI is InChI=1S/C23H21N/c1-22(2)16-11-7-5-9-14(16)20-18(22)13-19-21(24-20)15-10-6-8-12-17(15)23(19,3)4/h5-13H,1-4H3. The summed E-state index contributed by atoms with van der Waals surface area (Å²) in [6.45, 7) is 9.28. The summed E-state index contributed by atoms with van der Waals surface area (Å²) in [5.41, 5.74) is 10.5. The molecule has 0 fully saturated rings. The molecule has 0 saturated carbocycles. The third kappa shape index (κ3) is 1.48. The van der Waals surface area contributed by atoms with Crippen molar-refractivity contribution in [2.24, 2.45) is 0 Å². The number of pyridine rings is 1. The van der Waals surface area contributed by atoms with Crippen molar-refractivity contribution in [1.82, 2.24) is 4.98 Å². The smallest absolute Gasteiger partial charge is 0.0753 e. The van der Waals surface area contributed by atoms with E-state index < -0.39 is 0 Å². The minimum Gasteiger partial charge on any atom is -0.247 e. The molecule has 1 aromatic heterocycles. The van der Waals surface area contributed by atoms with Crippen LogP contribution in [0.15, 0.2) is 54.6 Å². The van der Waals surface area contributed by atoms with Gasteiger partial charge in [-0.15, -0.1) is 0 Å². The lowest BCUT2D eigenvalue weighted by Crippen LogP contribution is -2.19. The largest absolute Gasteiger partial charge is 0.247 e. The van der Waals surface area contributed by atoms with E-state index in [4.69, 9.17) is 4.98 Å².